The molecule has 0 radical (unpaired) electrons. The summed E-state index contributed by atoms with van der Waals surface area (Å²) in [6.45, 7) is 10.4. The van der Waals surface area contributed by atoms with E-state index in [0.717, 1.165) is 24.8 Å². The maximum atomic E-state index is 10.5. The lowest BCUT2D eigenvalue weighted by Crippen LogP contribution is -2.55. The molecule has 0 aromatic carbocycles. The second kappa shape index (κ2) is 8.03. The van der Waals surface area contributed by atoms with Crippen molar-refractivity contribution in [2.24, 2.45) is 5.92 Å². The van der Waals surface area contributed by atoms with Gasteiger partial charge in [0, 0.05) is 5.92 Å². The minimum Gasteiger partial charge on any atom is -0.392 e. The molecule has 5 heteroatoms. The number of hydrogen-bond acceptors (Lipinski definition) is 5. The number of fused-ring (bicyclic) bond motifs is 3. The molecular weight excluding hydrogens is 380 g/mol. The van der Waals surface area contributed by atoms with Gasteiger partial charge in [-0.25, -0.2) is 0 Å². The fourth-order valence-corrected chi connectivity index (χ4v) is 5.25. The van der Waals surface area contributed by atoms with Crippen LogP contribution in [0.3, 0.4) is 0 Å². The Morgan fingerprint density at radius 1 is 1.20 bits per heavy atom. The van der Waals surface area contributed by atoms with E-state index in [9.17, 15) is 10.2 Å². The molecule has 2 N–H and O–H groups in total. The van der Waals surface area contributed by atoms with Crippen molar-refractivity contribution in [2.75, 3.05) is 6.61 Å². The number of hydrogen-bond donors (Lipinski definition) is 2. The SMILES string of the molecule is CC(C)=CCC/C(C)=C/[C@@H]1CC(C)=C[C@]2(C=C(CO)[C@H]3C[C@@H](O)[C@@]4(C)O[C@H]4[C@H]3O2)O1. The Kier molecular flexibility index (Phi) is 5.88. The largest absolute Gasteiger partial charge is 0.392 e. The predicted molar refractivity (Wildman–Crippen MR) is 116 cm³/mol. The standard InChI is InChI=1S/C25H36O5/c1-15(2)7-6-8-16(3)9-19-10-17(4)12-25(28-19)13-18(14-26)20-11-21(27)24(5)23(30-24)22(20)29-25/h7,9,12-13,19-23,26-27H,6,8,10-11,14H2,1-5H3/b16-9+/t19-,20-,21-,22+,23+,24-,25+/m1/s1. The average Bonchev–Trinajstić information content (AvgIpc) is 3.35. The van der Waals surface area contributed by atoms with Crippen LogP contribution in [-0.2, 0) is 14.2 Å². The van der Waals surface area contributed by atoms with E-state index in [0.29, 0.717) is 6.42 Å². The number of allylic oxidation sites excluding steroid dienone is 3. The minimum absolute atomic E-state index is 0.0461. The first-order chi connectivity index (χ1) is 14.2. The topological polar surface area (TPSA) is 71.5 Å². The number of aliphatic hydroxyl groups is 2. The predicted octanol–water partition coefficient (Wildman–Crippen LogP) is 3.97. The monoisotopic (exact) mass is 416 g/mol. The number of ether oxygens (including phenoxy) is 3. The lowest BCUT2D eigenvalue weighted by molar-refractivity contribution is -0.241. The molecule has 0 amide bonds. The summed E-state index contributed by atoms with van der Waals surface area (Å²) < 4.78 is 18.9. The van der Waals surface area contributed by atoms with Crippen molar-refractivity contribution in [3.63, 3.8) is 0 Å². The van der Waals surface area contributed by atoms with Gasteiger partial charge in [0.05, 0.1) is 24.9 Å². The van der Waals surface area contributed by atoms with Crippen LogP contribution in [0.4, 0.5) is 0 Å². The highest BCUT2D eigenvalue weighted by atomic mass is 16.7. The van der Waals surface area contributed by atoms with Gasteiger partial charge in [-0.2, -0.15) is 0 Å². The van der Waals surface area contributed by atoms with E-state index in [2.05, 4.69) is 39.8 Å². The molecule has 0 unspecified atom stereocenters. The summed E-state index contributed by atoms with van der Waals surface area (Å²) in [5.74, 6) is -1.03. The number of epoxide rings is 1. The molecule has 3 aliphatic heterocycles. The van der Waals surface area contributed by atoms with E-state index in [1.807, 2.05) is 19.1 Å². The first-order valence-electron chi connectivity index (χ1n) is 11.2. The van der Waals surface area contributed by atoms with E-state index in [4.69, 9.17) is 14.2 Å². The molecule has 1 aliphatic carbocycles. The maximum absolute atomic E-state index is 10.5. The van der Waals surface area contributed by atoms with Gasteiger partial charge in [0.15, 0.2) is 0 Å². The molecule has 4 rings (SSSR count). The lowest BCUT2D eigenvalue weighted by atomic mass is 9.73. The first kappa shape index (κ1) is 22.0. The minimum atomic E-state index is -0.988. The Balaban J connectivity index is 1.56. The van der Waals surface area contributed by atoms with Crippen LogP contribution < -0.4 is 0 Å². The van der Waals surface area contributed by atoms with Gasteiger partial charge < -0.3 is 24.4 Å². The van der Waals surface area contributed by atoms with Gasteiger partial charge in [0.25, 0.3) is 0 Å². The molecule has 5 nitrogen and oxygen atoms in total. The summed E-state index contributed by atoms with van der Waals surface area (Å²) in [5, 5.41) is 20.6. The summed E-state index contributed by atoms with van der Waals surface area (Å²) in [6, 6.07) is 0. The number of aliphatic hydroxyl groups excluding tert-OH is 2. The van der Waals surface area contributed by atoms with Crippen molar-refractivity contribution in [3.05, 3.63) is 46.6 Å². The van der Waals surface area contributed by atoms with Crippen LogP contribution in [0.25, 0.3) is 0 Å². The molecule has 1 saturated carbocycles. The molecular formula is C25H36O5. The van der Waals surface area contributed by atoms with E-state index in [1.165, 1.54) is 16.7 Å². The average molecular weight is 417 g/mol. The summed E-state index contributed by atoms with van der Waals surface area (Å²) in [5.41, 5.74) is 4.18. The molecule has 1 spiro atoms. The highest BCUT2D eigenvalue weighted by Crippen LogP contribution is 2.55. The zero-order chi connectivity index (χ0) is 21.7. The second-order valence-electron chi connectivity index (χ2n) is 9.95. The Morgan fingerprint density at radius 2 is 1.97 bits per heavy atom. The zero-order valence-corrected chi connectivity index (χ0v) is 18.9. The smallest absolute Gasteiger partial charge is 0.209 e. The fraction of sp³-hybridized carbons (Fsp3) is 0.680. The molecule has 166 valence electrons. The van der Waals surface area contributed by atoms with Gasteiger partial charge in [0.1, 0.15) is 11.7 Å². The van der Waals surface area contributed by atoms with E-state index >= 15 is 0 Å². The fourth-order valence-electron chi connectivity index (χ4n) is 5.25. The molecule has 2 fully saturated rings. The van der Waals surface area contributed by atoms with E-state index in [-0.39, 0.29) is 30.8 Å². The second-order valence-corrected chi connectivity index (χ2v) is 9.95. The van der Waals surface area contributed by atoms with E-state index < -0.39 is 17.5 Å². The third kappa shape index (κ3) is 4.11. The van der Waals surface area contributed by atoms with Gasteiger partial charge in [-0.3, -0.25) is 0 Å². The molecule has 30 heavy (non-hydrogen) atoms. The Bertz CT molecular complexity index is 804. The van der Waals surface area contributed by atoms with Crippen LogP contribution in [0.5, 0.6) is 0 Å². The normalized spacial score (nSPS) is 42.8. The summed E-state index contributed by atoms with van der Waals surface area (Å²) in [6.07, 6.45) is 10.8. The van der Waals surface area contributed by atoms with Crippen LogP contribution in [0.2, 0.25) is 0 Å². The van der Waals surface area contributed by atoms with Crippen LogP contribution in [-0.4, -0.2) is 52.6 Å². The van der Waals surface area contributed by atoms with E-state index in [1.54, 1.807) is 0 Å². The molecule has 1 saturated heterocycles. The van der Waals surface area contributed by atoms with Crippen LogP contribution in [0.15, 0.2) is 46.6 Å². The van der Waals surface area contributed by atoms with Gasteiger partial charge in [0.2, 0.25) is 5.79 Å². The summed E-state index contributed by atoms with van der Waals surface area (Å²) in [7, 11) is 0. The van der Waals surface area contributed by atoms with Crippen molar-refractivity contribution in [3.8, 4) is 0 Å². The Labute approximate surface area is 180 Å². The van der Waals surface area contributed by atoms with Crippen LogP contribution in [0.1, 0.15) is 60.3 Å². The summed E-state index contributed by atoms with van der Waals surface area (Å²) >= 11 is 0. The van der Waals surface area contributed by atoms with Crippen molar-refractivity contribution in [2.45, 2.75) is 96.1 Å². The highest BCUT2D eigenvalue weighted by molar-refractivity contribution is 5.32. The maximum Gasteiger partial charge on any atom is 0.209 e. The van der Waals surface area contributed by atoms with Crippen LogP contribution in [0, 0.1) is 5.92 Å². The first-order valence-corrected chi connectivity index (χ1v) is 11.2. The van der Waals surface area contributed by atoms with Gasteiger partial charge in [-0.1, -0.05) is 28.9 Å². The highest BCUT2D eigenvalue weighted by Gasteiger charge is 2.68. The quantitative estimate of drug-likeness (QED) is 0.524. The number of rotatable bonds is 5. The Morgan fingerprint density at radius 3 is 2.67 bits per heavy atom. The van der Waals surface area contributed by atoms with Crippen molar-refractivity contribution in [1.29, 1.82) is 0 Å². The van der Waals surface area contributed by atoms with Gasteiger partial charge >= 0.3 is 0 Å². The zero-order valence-electron chi connectivity index (χ0n) is 18.9. The molecule has 3 heterocycles. The molecule has 0 aromatic rings. The third-order valence-electron chi connectivity index (χ3n) is 6.96. The van der Waals surface area contributed by atoms with Crippen LogP contribution >= 0.6 is 0 Å². The van der Waals surface area contributed by atoms with Crippen molar-refractivity contribution >= 4 is 0 Å². The third-order valence-corrected chi connectivity index (χ3v) is 6.96. The summed E-state index contributed by atoms with van der Waals surface area (Å²) in [4.78, 5) is 0. The van der Waals surface area contributed by atoms with Gasteiger partial charge in [-0.15, -0.1) is 0 Å². The van der Waals surface area contributed by atoms with Crippen molar-refractivity contribution in [1.82, 2.24) is 0 Å². The molecule has 0 aromatic heterocycles. The van der Waals surface area contributed by atoms with Gasteiger partial charge in [-0.05, 0) is 78.0 Å². The molecule has 0 bridgehead atoms. The lowest BCUT2D eigenvalue weighted by Gasteiger charge is -2.47. The van der Waals surface area contributed by atoms with Crippen molar-refractivity contribution < 1.29 is 24.4 Å². The molecule has 4 aliphatic rings. The Hall–Kier alpha value is -1.24. The molecule has 7 atom stereocenters.